The van der Waals surface area contributed by atoms with Crippen LogP contribution in [0.15, 0.2) is 60.8 Å². The average molecular weight is 400 g/mol. The second kappa shape index (κ2) is 8.45. The molecule has 1 N–H and O–H groups in total. The van der Waals surface area contributed by atoms with Gasteiger partial charge in [0, 0.05) is 29.9 Å². The predicted octanol–water partition coefficient (Wildman–Crippen LogP) is 4.19. The Morgan fingerprint density at radius 2 is 1.90 bits per heavy atom. The molecule has 4 rings (SSSR count). The van der Waals surface area contributed by atoms with Gasteiger partial charge in [-0.3, -0.25) is 14.6 Å². The van der Waals surface area contributed by atoms with E-state index < -0.39 is 0 Å². The molecule has 1 fully saturated rings. The van der Waals surface area contributed by atoms with Crippen molar-refractivity contribution in [2.24, 2.45) is 5.92 Å². The van der Waals surface area contributed by atoms with Crippen LogP contribution in [0.25, 0.3) is 11.3 Å². The van der Waals surface area contributed by atoms with Crippen molar-refractivity contribution in [3.05, 3.63) is 77.7 Å². The Hall–Kier alpha value is -3.54. The maximum absolute atomic E-state index is 12.8. The minimum atomic E-state index is -0.314. The number of likely N-dealkylation sites (tertiary alicyclic amines) is 1. The van der Waals surface area contributed by atoms with Gasteiger partial charge in [0.1, 0.15) is 5.69 Å². The first-order chi connectivity index (χ1) is 14.5. The Kier molecular flexibility index (Phi) is 5.57. The van der Waals surface area contributed by atoms with Crippen molar-refractivity contribution in [2.75, 3.05) is 18.4 Å². The van der Waals surface area contributed by atoms with Crippen LogP contribution in [0.4, 0.5) is 5.69 Å². The molecule has 1 atom stereocenters. The molecule has 1 saturated heterocycles. The number of carbonyl (C=O) groups excluding carboxylic acids is 2. The average Bonchev–Trinajstić information content (AvgIpc) is 3.20. The van der Waals surface area contributed by atoms with Crippen LogP contribution < -0.4 is 5.32 Å². The second-order valence-corrected chi connectivity index (χ2v) is 7.74. The number of amides is 2. The van der Waals surface area contributed by atoms with E-state index >= 15 is 0 Å². The van der Waals surface area contributed by atoms with Crippen LogP contribution in [0.2, 0.25) is 0 Å². The smallest absolute Gasteiger partial charge is 0.276 e. The van der Waals surface area contributed by atoms with E-state index in [2.05, 4.69) is 22.2 Å². The molecular weight excluding hydrogens is 376 g/mol. The summed E-state index contributed by atoms with van der Waals surface area (Å²) in [6.07, 6.45) is 2.67. The van der Waals surface area contributed by atoms with Gasteiger partial charge in [0.05, 0.1) is 17.6 Å². The molecule has 0 radical (unpaired) electrons. The van der Waals surface area contributed by atoms with Crippen LogP contribution in [0.3, 0.4) is 0 Å². The number of rotatable bonds is 4. The highest BCUT2D eigenvalue weighted by molar-refractivity contribution is 6.03. The fourth-order valence-corrected chi connectivity index (χ4v) is 3.63. The highest BCUT2D eigenvalue weighted by atomic mass is 16.2. The van der Waals surface area contributed by atoms with E-state index in [0.717, 1.165) is 25.1 Å². The van der Waals surface area contributed by atoms with Gasteiger partial charge in [0.25, 0.3) is 11.8 Å². The zero-order chi connectivity index (χ0) is 21.1. The van der Waals surface area contributed by atoms with Crippen molar-refractivity contribution in [3.8, 4) is 11.3 Å². The molecule has 2 amide bonds. The lowest BCUT2D eigenvalue weighted by Gasteiger charge is -2.16. The third-order valence-corrected chi connectivity index (χ3v) is 5.32. The first-order valence-electron chi connectivity index (χ1n) is 10.1. The maximum atomic E-state index is 12.8. The number of aromatic nitrogens is 2. The van der Waals surface area contributed by atoms with E-state index in [0.29, 0.717) is 28.6 Å². The summed E-state index contributed by atoms with van der Waals surface area (Å²) in [5.41, 5.74) is 3.45. The summed E-state index contributed by atoms with van der Waals surface area (Å²) in [6.45, 7) is 5.49. The zero-order valence-corrected chi connectivity index (χ0v) is 17.1. The minimum absolute atomic E-state index is 0.0308. The van der Waals surface area contributed by atoms with E-state index in [1.54, 1.807) is 13.1 Å². The molecule has 0 bridgehead atoms. The summed E-state index contributed by atoms with van der Waals surface area (Å²) in [5.74, 6) is 0.250. The number of anilines is 1. The van der Waals surface area contributed by atoms with Gasteiger partial charge in [-0.1, -0.05) is 37.3 Å². The molecule has 30 heavy (non-hydrogen) atoms. The van der Waals surface area contributed by atoms with Crippen LogP contribution in [-0.4, -0.2) is 39.8 Å². The normalized spacial score (nSPS) is 15.8. The van der Waals surface area contributed by atoms with Crippen LogP contribution >= 0.6 is 0 Å². The van der Waals surface area contributed by atoms with Crippen molar-refractivity contribution in [2.45, 2.75) is 20.3 Å². The van der Waals surface area contributed by atoms with Gasteiger partial charge in [-0.25, -0.2) is 4.98 Å². The lowest BCUT2D eigenvalue weighted by molar-refractivity contribution is 0.0788. The van der Waals surface area contributed by atoms with Crippen molar-refractivity contribution >= 4 is 17.5 Å². The number of hydrogen-bond acceptors (Lipinski definition) is 4. The van der Waals surface area contributed by atoms with Gasteiger partial charge in [0.15, 0.2) is 0 Å². The summed E-state index contributed by atoms with van der Waals surface area (Å²) in [5, 5.41) is 2.85. The number of carbonyl (C=O) groups is 2. The monoisotopic (exact) mass is 400 g/mol. The van der Waals surface area contributed by atoms with Crippen LogP contribution in [0.5, 0.6) is 0 Å². The predicted molar refractivity (Wildman–Crippen MR) is 116 cm³/mol. The topological polar surface area (TPSA) is 75.2 Å². The molecule has 0 spiro atoms. The molecule has 3 aromatic rings. The molecule has 1 aliphatic rings. The Balaban J connectivity index is 1.59. The van der Waals surface area contributed by atoms with Gasteiger partial charge >= 0.3 is 0 Å². The summed E-state index contributed by atoms with van der Waals surface area (Å²) in [6, 6.07) is 16.6. The van der Waals surface area contributed by atoms with Gasteiger partial charge in [-0.2, -0.15) is 0 Å². The molecule has 0 saturated carbocycles. The molecule has 1 aliphatic heterocycles. The SMILES string of the molecule is Cc1ncc(-c2cccc(C(=O)N3CCC(C)C3)c2)nc1C(=O)Nc1ccccc1. The van der Waals surface area contributed by atoms with Gasteiger partial charge in [-0.05, 0) is 43.5 Å². The Labute approximate surface area is 176 Å². The first-order valence-corrected chi connectivity index (χ1v) is 10.1. The molecule has 1 aromatic heterocycles. The molecule has 1 unspecified atom stereocenters. The number of aryl methyl sites for hydroxylation is 1. The third-order valence-electron chi connectivity index (χ3n) is 5.32. The lowest BCUT2D eigenvalue weighted by Crippen LogP contribution is -2.28. The number of para-hydroxylation sites is 1. The molecule has 6 heteroatoms. The van der Waals surface area contributed by atoms with Crippen LogP contribution in [-0.2, 0) is 0 Å². The summed E-state index contributed by atoms with van der Waals surface area (Å²) in [7, 11) is 0. The Bertz CT molecular complexity index is 1080. The first kappa shape index (κ1) is 19.8. The fourth-order valence-electron chi connectivity index (χ4n) is 3.63. The van der Waals surface area contributed by atoms with E-state index in [9.17, 15) is 9.59 Å². The standard InChI is InChI=1S/C24H24N4O2/c1-16-11-12-28(15-16)24(30)19-8-6-7-18(13-19)21-14-25-17(2)22(27-21)23(29)26-20-9-4-3-5-10-20/h3-10,13-14,16H,11-12,15H2,1-2H3,(H,26,29). The molecule has 2 heterocycles. The van der Waals surface area contributed by atoms with Crippen LogP contribution in [0, 0.1) is 12.8 Å². The minimum Gasteiger partial charge on any atom is -0.338 e. The van der Waals surface area contributed by atoms with Gasteiger partial charge in [0.2, 0.25) is 0 Å². The van der Waals surface area contributed by atoms with E-state index in [1.807, 2.05) is 59.5 Å². The second-order valence-electron chi connectivity index (χ2n) is 7.74. The van der Waals surface area contributed by atoms with Crippen molar-refractivity contribution < 1.29 is 9.59 Å². The highest BCUT2D eigenvalue weighted by Crippen LogP contribution is 2.23. The third kappa shape index (κ3) is 4.22. The molecule has 6 nitrogen and oxygen atoms in total. The number of benzene rings is 2. The maximum Gasteiger partial charge on any atom is 0.276 e. The fraction of sp³-hybridized carbons (Fsp3) is 0.250. The van der Waals surface area contributed by atoms with E-state index in [-0.39, 0.29) is 17.5 Å². The number of nitrogens with zero attached hydrogens (tertiary/aromatic N) is 3. The molecule has 0 aliphatic carbocycles. The summed E-state index contributed by atoms with van der Waals surface area (Å²) in [4.78, 5) is 36.4. The molecular formula is C24H24N4O2. The van der Waals surface area contributed by atoms with Crippen molar-refractivity contribution in [1.82, 2.24) is 14.9 Å². The number of nitrogens with one attached hydrogen (secondary N) is 1. The molecule has 2 aromatic carbocycles. The summed E-state index contributed by atoms with van der Waals surface area (Å²) >= 11 is 0. The lowest BCUT2D eigenvalue weighted by atomic mass is 10.1. The zero-order valence-electron chi connectivity index (χ0n) is 17.1. The van der Waals surface area contributed by atoms with Gasteiger partial charge < -0.3 is 10.2 Å². The highest BCUT2D eigenvalue weighted by Gasteiger charge is 2.24. The van der Waals surface area contributed by atoms with Crippen LogP contribution in [0.1, 0.15) is 39.9 Å². The van der Waals surface area contributed by atoms with Crippen molar-refractivity contribution in [3.63, 3.8) is 0 Å². The van der Waals surface area contributed by atoms with E-state index in [1.165, 1.54) is 0 Å². The van der Waals surface area contributed by atoms with Gasteiger partial charge in [-0.15, -0.1) is 0 Å². The van der Waals surface area contributed by atoms with Crippen molar-refractivity contribution in [1.29, 1.82) is 0 Å². The Morgan fingerprint density at radius 1 is 1.10 bits per heavy atom. The number of hydrogen-bond donors (Lipinski definition) is 1. The largest absolute Gasteiger partial charge is 0.338 e. The van der Waals surface area contributed by atoms with E-state index in [4.69, 9.17) is 0 Å². The Morgan fingerprint density at radius 3 is 2.63 bits per heavy atom. The quantitative estimate of drug-likeness (QED) is 0.713. The molecule has 152 valence electrons. The summed E-state index contributed by atoms with van der Waals surface area (Å²) < 4.78 is 0.